The first-order chi connectivity index (χ1) is 5.76. The molecule has 1 atom stereocenters. The van der Waals surface area contributed by atoms with E-state index in [-0.39, 0.29) is 0 Å². The second-order valence-corrected chi connectivity index (χ2v) is 3.28. The van der Waals surface area contributed by atoms with Gasteiger partial charge in [0.25, 0.3) is 0 Å². The van der Waals surface area contributed by atoms with Crippen LogP contribution in [0, 0.1) is 0 Å². The molecule has 0 aliphatic heterocycles. The van der Waals surface area contributed by atoms with Crippen molar-refractivity contribution in [3.8, 4) is 0 Å². The molecule has 0 heterocycles. The predicted molar refractivity (Wildman–Crippen MR) is 56.9 cm³/mol. The van der Waals surface area contributed by atoms with E-state index < -0.39 is 0 Å². The van der Waals surface area contributed by atoms with Gasteiger partial charge in [-0.15, -0.1) is 11.6 Å². The van der Waals surface area contributed by atoms with Crippen molar-refractivity contribution in [2.75, 3.05) is 19.0 Å². The van der Waals surface area contributed by atoms with E-state index in [9.17, 15) is 0 Å². The van der Waals surface area contributed by atoms with Crippen molar-refractivity contribution in [1.82, 2.24) is 4.90 Å². The maximum atomic E-state index is 5.54. The topological polar surface area (TPSA) is 3.24 Å². The molecule has 0 bridgehead atoms. The SMILES string of the molecule is CCC(C)N(CC)CC=CCCl. The summed E-state index contributed by atoms with van der Waals surface area (Å²) in [7, 11) is 0. The van der Waals surface area contributed by atoms with Crippen molar-refractivity contribution >= 4 is 11.6 Å². The van der Waals surface area contributed by atoms with Crippen molar-refractivity contribution < 1.29 is 0 Å². The van der Waals surface area contributed by atoms with Gasteiger partial charge >= 0.3 is 0 Å². The molecule has 0 aromatic rings. The molecule has 0 saturated carbocycles. The van der Waals surface area contributed by atoms with Crippen molar-refractivity contribution in [1.29, 1.82) is 0 Å². The first-order valence-corrected chi connectivity index (χ1v) is 5.24. The minimum atomic E-state index is 0.623. The first kappa shape index (κ1) is 12.0. The van der Waals surface area contributed by atoms with Crippen LogP contribution in [0.25, 0.3) is 0 Å². The lowest BCUT2D eigenvalue weighted by Crippen LogP contribution is -2.32. The van der Waals surface area contributed by atoms with E-state index in [4.69, 9.17) is 11.6 Å². The number of halogens is 1. The molecule has 0 rings (SSSR count). The molecule has 0 fully saturated rings. The zero-order chi connectivity index (χ0) is 9.40. The number of hydrogen-bond donors (Lipinski definition) is 0. The van der Waals surface area contributed by atoms with E-state index in [1.165, 1.54) is 6.42 Å². The zero-order valence-corrected chi connectivity index (χ0v) is 9.14. The third-order valence-corrected chi connectivity index (χ3v) is 2.39. The maximum absolute atomic E-state index is 5.54. The number of hydrogen-bond acceptors (Lipinski definition) is 1. The molecule has 0 amide bonds. The van der Waals surface area contributed by atoms with Crippen LogP contribution < -0.4 is 0 Å². The van der Waals surface area contributed by atoms with Crippen molar-refractivity contribution in [2.24, 2.45) is 0 Å². The monoisotopic (exact) mass is 189 g/mol. The molecule has 1 nitrogen and oxygen atoms in total. The number of nitrogens with zero attached hydrogens (tertiary/aromatic N) is 1. The van der Waals surface area contributed by atoms with Crippen molar-refractivity contribution in [2.45, 2.75) is 33.2 Å². The molecule has 12 heavy (non-hydrogen) atoms. The Bertz CT molecular complexity index is 123. The van der Waals surface area contributed by atoms with Gasteiger partial charge in [-0.2, -0.15) is 0 Å². The minimum Gasteiger partial charge on any atom is -0.297 e. The number of likely N-dealkylation sites (N-methyl/N-ethyl adjacent to an activating group) is 1. The highest BCUT2D eigenvalue weighted by molar-refractivity contribution is 6.18. The second kappa shape index (κ2) is 7.63. The van der Waals surface area contributed by atoms with Crippen LogP contribution in [0.5, 0.6) is 0 Å². The molecular formula is C10H20ClN. The Morgan fingerprint density at radius 3 is 2.42 bits per heavy atom. The van der Waals surface area contributed by atoms with Gasteiger partial charge in [-0.25, -0.2) is 0 Å². The fourth-order valence-corrected chi connectivity index (χ4v) is 1.28. The first-order valence-electron chi connectivity index (χ1n) is 4.71. The van der Waals surface area contributed by atoms with E-state index in [2.05, 4.69) is 31.7 Å². The normalized spacial score (nSPS) is 14.4. The van der Waals surface area contributed by atoms with E-state index in [0.29, 0.717) is 11.9 Å². The average Bonchev–Trinajstić information content (AvgIpc) is 2.11. The highest BCUT2D eigenvalue weighted by Crippen LogP contribution is 2.02. The quantitative estimate of drug-likeness (QED) is 0.459. The number of allylic oxidation sites excluding steroid dienone is 1. The van der Waals surface area contributed by atoms with E-state index in [1.807, 2.05) is 6.08 Å². The van der Waals surface area contributed by atoms with Crippen LogP contribution in [-0.4, -0.2) is 29.9 Å². The number of rotatable bonds is 6. The van der Waals surface area contributed by atoms with Gasteiger partial charge in [-0.1, -0.05) is 26.0 Å². The molecule has 0 radical (unpaired) electrons. The highest BCUT2D eigenvalue weighted by atomic mass is 35.5. The fourth-order valence-electron chi connectivity index (χ4n) is 1.15. The molecular weight excluding hydrogens is 170 g/mol. The van der Waals surface area contributed by atoms with E-state index >= 15 is 0 Å². The summed E-state index contributed by atoms with van der Waals surface area (Å²) in [6.45, 7) is 8.82. The summed E-state index contributed by atoms with van der Waals surface area (Å²) in [4.78, 5) is 2.43. The third-order valence-electron chi connectivity index (χ3n) is 2.22. The second-order valence-electron chi connectivity index (χ2n) is 2.97. The van der Waals surface area contributed by atoms with Crippen LogP contribution in [0.2, 0.25) is 0 Å². The summed E-state index contributed by atoms with van der Waals surface area (Å²) in [5.41, 5.74) is 0. The van der Waals surface area contributed by atoms with Crippen LogP contribution in [0.3, 0.4) is 0 Å². The smallest absolute Gasteiger partial charge is 0.0404 e. The Kier molecular flexibility index (Phi) is 7.62. The van der Waals surface area contributed by atoms with Crippen LogP contribution in [-0.2, 0) is 0 Å². The number of alkyl halides is 1. The summed E-state index contributed by atoms with van der Waals surface area (Å²) in [5.74, 6) is 0.623. The zero-order valence-electron chi connectivity index (χ0n) is 8.39. The summed E-state index contributed by atoms with van der Waals surface area (Å²) < 4.78 is 0. The Labute approximate surface area is 81.4 Å². The molecule has 1 unspecified atom stereocenters. The standard InChI is InChI=1S/C10H20ClN/c1-4-10(3)12(5-2)9-7-6-8-11/h6-7,10H,4-5,8-9H2,1-3H3. The average molecular weight is 190 g/mol. The third kappa shape index (κ3) is 4.78. The van der Waals surface area contributed by atoms with Crippen LogP contribution in [0.1, 0.15) is 27.2 Å². The van der Waals surface area contributed by atoms with Gasteiger partial charge < -0.3 is 0 Å². The van der Waals surface area contributed by atoms with Crippen LogP contribution in [0.4, 0.5) is 0 Å². The lowest BCUT2D eigenvalue weighted by atomic mass is 10.2. The summed E-state index contributed by atoms with van der Waals surface area (Å²) in [5, 5.41) is 0. The van der Waals surface area contributed by atoms with Gasteiger partial charge in [0.15, 0.2) is 0 Å². The molecule has 0 N–H and O–H groups in total. The molecule has 0 aliphatic carbocycles. The molecule has 0 saturated heterocycles. The Morgan fingerprint density at radius 2 is 2.00 bits per heavy atom. The van der Waals surface area contributed by atoms with E-state index in [1.54, 1.807) is 0 Å². The van der Waals surface area contributed by atoms with Crippen LogP contribution >= 0.6 is 11.6 Å². The van der Waals surface area contributed by atoms with Gasteiger partial charge in [0.05, 0.1) is 0 Å². The van der Waals surface area contributed by atoms with Gasteiger partial charge in [-0.3, -0.25) is 4.90 Å². The fraction of sp³-hybridized carbons (Fsp3) is 0.800. The van der Waals surface area contributed by atoms with Crippen molar-refractivity contribution in [3.63, 3.8) is 0 Å². The minimum absolute atomic E-state index is 0.623. The van der Waals surface area contributed by atoms with Crippen LogP contribution in [0.15, 0.2) is 12.2 Å². The molecule has 0 aromatic heterocycles. The lowest BCUT2D eigenvalue weighted by molar-refractivity contribution is 0.238. The van der Waals surface area contributed by atoms with Gasteiger partial charge in [0, 0.05) is 18.5 Å². The molecule has 0 aromatic carbocycles. The molecule has 72 valence electrons. The molecule has 0 aliphatic rings. The summed E-state index contributed by atoms with van der Waals surface area (Å²) in [6, 6.07) is 0.676. The molecule has 0 spiro atoms. The Hall–Kier alpha value is -0.0100. The largest absolute Gasteiger partial charge is 0.297 e. The Balaban J connectivity index is 3.74. The molecule has 2 heteroatoms. The maximum Gasteiger partial charge on any atom is 0.0404 e. The van der Waals surface area contributed by atoms with E-state index in [0.717, 1.165) is 13.1 Å². The lowest BCUT2D eigenvalue weighted by Gasteiger charge is -2.25. The summed E-state index contributed by atoms with van der Waals surface area (Å²) >= 11 is 5.54. The van der Waals surface area contributed by atoms with Gasteiger partial charge in [0.2, 0.25) is 0 Å². The van der Waals surface area contributed by atoms with Gasteiger partial charge in [-0.05, 0) is 19.9 Å². The Morgan fingerprint density at radius 1 is 1.33 bits per heavy atom. The highest BCUT2D eigenvalue weighted by Gasteiger charge is 2.06. The van der Waals surface area contributed by atoms with Crippen molar-refractivity contribution in [3.05, 3.63) is 12.2 Å². The predicted octanol–water partition coefficient (Wildman–Crippen LogP) is 2.90. The van der Waals surface area contributed by atoms with Gasteiger partial charge in [0.1, 0.15) is 0 Å². The summed E-state index contributed by atoms with van der Waals surface area (Å²) in [6.07, 6.45) is 5.36.